The van der Waals surface area contributed by atoms with Crippen LogP contribution in [0.25, 0.3) is 22.3 Å². The average molecular weight is 384 g/mol. The molecule has 0 spiro atoms. The second-order valence-corrected chi connectivity index (χ2v) is 6.71. The van der Waals surface area contributed by atoms with E-state index in [1.165, 1.54) is 0 Å². The first-order chi connectivity index (χ1) is 14.0. The number of hydrogen-bond acceptors (Lipinski definition) is 5. The molecule has 29 heavy (non-hydrogen) atoms. The molecule has 0 aromatic heterocycles. The van der Waals surface area contributed by atoms with E-state index in [0.29, 0.717) is 22.9 Å². The number of ether oxygens (including phenoxy) is 1. The van der Waals surface area contributed by atoms with Crippen LogP contribution in [-0.2, 0) is 0 Å². The van der Waals surface area contributed by atoms with Gasteiger partial charge in [-0.1, -0.05) is 24.3 Å². The Morgan fingerprint density at radius 3 is 1.41 bits per heavy atom. The Kier molecular flexibility index (Phi) is 4.71. The molecule has 0 bridgehead atoms. The van der Waals surface area contributed by atoms with Crippen LogP contribution in [0, 0.1) is 0 Å². The predicted octanol–water partition coefficient (Wildman–Crippen LogP) is 5.39. The molecule has 0 fully saturated rings. The van der Waals surface area contributed by atoms with Gasteiger partial charge in [0.05, 0.1) is 0 Å². The average Bonchev–Trinajstić information content (AvgIpc) is 2.70. The van der Waals surface area contributed by atoms with E-state index < -0.39 is 0 Å². The van der Waals surface area contributed by atoms with Crippen LogP contribution >= 0.6 is 0 Å². The zero-order valence-corrected chi connectivity index (χ0v) is 15.5. The molecule has 0 heterocycles. The van der Waals surface area contributed by atoms with Crippen molar-refractivity contribution in [3.63, 3.8) is 0 Å². The number of anilines is 2. The molecule has 0 radical (unpaired) electrons. The van der Waals surface area contributed by atoms with E-state index in [9.17, 15) is 10.2 Å². The Balaban J connectivity index is 1.82. The maximum Gasteiger partial charge on any atom is 0.135 e. The van der Waals surface area contributed by atoms with Crippen molar-refractivity contribution in [2.45, 2.75) is 0 Å². The fourth-order valence-corrected chi connectivity index (χ4v) is 3.19. The second kappa shape index (κ2) is 7.48. The Labute approximate surface area is 168 Å². The highest BCUT2D eigenvalue weighted by Gasteiger charge is 2.13. The lowest BCUT2D eigenvalue weighted by atomic mass is 10.0. The molecule has 0 aliphatic carbocycles. The summed E-state index contributed by atoms with van der Waals surface area (Å²) in [6.45, 7) is 0. The van der Waals surface area contributed by atoms with E-state index in [1.807, 2.05) is 12.1 Å². The van der Waals surface area contributed by atoms with Crippen LogP contribution in [-0.4, -0.2) is 10.2 Å². The van der Waals surface area contributed by atoms with Crippen LogP contribution in [0.5, 0.6) is 23.0 Å². The standard InChI is InChI=1S/C24H20N2O3/c25-17-7-9-23(21(13-17)15-3-1-5-19(27)11-15)29-24-10-8-18(26)14-22(24)16-4-2-6-20(28)12-16/h1-14,27-28H,25-26H2. The van der Waals surface area contributed by atoms with Gasteiger partial charge in [0.2, 0.25) is 0 Å². The van der Waals surface area contributed by atoms with E-state index in [1.54, 1.807) is 72.8 Å². The van der Waals surface area contributed by atoms with Crippen molar-refractivity contribution in [1.82, 2.24) is 0 Å². The minimum absolute atomic E-state index is 0.156. The van der Waals surface area contributed by atoms with Crippen LogP contribution in [0.1, 0.15) is 0 Å². The number of phenolic OH excluding ortho intramolecular Hbond substituents is 2. The highest BCUT2D eigenvalue weighted by Crippen LogP contribution is 2.40. The quantitative estimate of drug-likeness (QED) is 0.353. The fourth-order valence-electron chi connectivity index (χ4n) is 3.19. The van der Waals surface area contributed by atoms with E-state index in [-0.39, 0.29) is 11.5 Å². The summed E-state index contributed by atoms with van der Waals surface area (Å²) in [7, 11) is 0. The van der Waals surface area contributed by atoms with Gasteiger partial charge in [0, 0.05) is 22.5 Å². The summed E-state index contributed by atoms with van der Waals surface area (Å²) in [5.74, 6) is 1.47. The summed E-state index contributed by atoms with van der Waals surface area (Å²) in [5, 5.41) is 19.7. The van der Waals surface area contributed by atoms with Crippen molar-refractivity contribution in [3.05, 3.63) is 84.9 Å². The van der Waals surface area contributed by atoms with Gasteiger partial charge in [-0.05, 0) is 71.8 Å². The number of benzene rings is 4. The Morgan fingerprint density at radius 1 is 0.552 bits per heavy atom. The van der Waals surface area contributed by atoms with Crippen molar-refractivity contribution < 1.29 is 14.9 Å². The van der Waals surface area contributed by atoms with Crippen LogP contribution in [0.2, 0.25) is 0 Å². The maximum atomic E-state index is 9.86. The van der Waals surface area contributed by atoms with Crippen molar-refractivity contribution in [1.29, 1.82) is 0 Å². The lowest BCUT2D eigenvalue weighted by molar-refractivity contribution is 0.475. The molecule has 0 aliphatic rings. The number of phenols is 2. The van der Waals surface area contributed by atoms with E-state index >= 15 is 0 Å². The summed E-state index contributed by atoms with van der Waals surface area (Å²) in [6.07, 6.45) is 0. The molecule has 0 amide bonds. The molecule has 4 aromatic rings. The SMILES string of the molecule is Nc1ccc(Oc2ccc(N)cc2-c2cccc(O)c2)c(-c2cccc(O)c2)c1. The van der Waals surface area contributed by atoms with Gasteiger partial charge in [0.1, 0.15) is 23.0 Å². The monoisotopic (exact) mass is 384 g/mol. The van der Waals surface area contributed by atoms with Crippen molar-refractivity contribution >= 4 is 11.4 Å². The number of nitrogen functional groups attached to an aromatic ring is 2. The highest BCUT2D eigenvalue weighted by atomic mass is 16.5. The molecule has 4 rings (SSSR count). The molecule has 0 saturated carbocycles. The number of hydrogen-bond donors (Lipinski definition) is 4. The first kappa shape index (κ1) is 18.3. The van der Waals surface area contributed by atoms with Gasteiger partial charge in [-0.3, -0.25) is 0 Å². The molecule has 0 aliphatic heterocycles. The molecule has 6 N–H and O–H groups in total. The zero-order valence-electron chi connectivity index (χ0n) is 15.5. The van der Waals surface area contributed by atoms with Gasteiger partial charge in [0.15, 0.2) is 0 Å². The maximum absolute atomic E-state index is 9.86. The van der Waals surface area contributed by atoms with Crippen LogP contribution in [0.3, 0.4) is 0 Å². The zero-order chi connectivity index (χ0) is 20.4. The smallest absolute Gasteiger partial charge is 0.135 e. The summed E-state index contributed by atoms with van der Waals surface area (Å²) in [5.41, 5.74) is 16.2. The minimum atomic E-state index is 0.156. The first-order valence-electron chi connectivity index (χ1n) is 9.05. The van der Waals surface area contributed by atoms with Crippen molar-refractivity contribution in [2.24, 2.45) is 0 Å². The fraction of sp³-hybridized carbons (Fsp3) is 0. The molecule has 0 unspecified atom stereocenters. The third-order valence-electron chi connectivity index (χ3n) is 4.54. The Morgan fingerprint density at radius 2 is 1.00 bits per heavy atom. The number of aromatic hydroxyl groups is 2. The predicted molar refractivity (Wildman–Crippen MR) is 116 cm³/mol. The second-order valence-electron chi connectivity index (χ2n) is 6.71. The summed E-state index contributed by atoms with van der Waals surface area (Å²) < 4.78 is 6.26. The highest BCUT2D eigenvalue weighted by molar-refractivity contribution is 5.78. The largest absolute Gasteiger partial charge is 0.508 e. The Hall–Kier alpha value is -4.12. The van der Waals surface area contributed by atoms with E-state index in [0.717, 1.165) is 22.3 Å². The van der Waals surface area contributed by atoms with Crippen molar-refractivity contribution in [2.75, 3.05) is 11.5 Å². The van der Waals surface area contributed by atoms with Gasteiger partial charge < -0.3 is 26.4 Å². The minimum Gasteiger partial charge on any atom is -0.508 e. The van der Waals surface area contributed by atoms with Crippen LogP contribution in [0.15, 0.2) is 84.9 Å². The van der Waals surface area contributed by atoms with Crippen LogP contribution < -0.4 is 16.2 Å². The molecule has 4 aromatic carbocycles. The molecular weight excluding hydrogens is 364 g/mol. The van der Waals surface area contributed by atoms with Crippen molar-refractivity contribution in [3.8, 4) is 45.3 Å². The van der Waals surface area contributed by atoms with Gasteiger partial charge >= 0.3 is 0 Å². The topological polar surface area (TPSA) is 102 Å². The summed E-state index contributed by atoms with van der Waals surface area (Å²) in [6, 6.07) is 24.5. The normalized spacial score (nSPS) is 10.6. The van der Waals surface area contributed by atoms with Crippen LogP contribution in [0.4, 0.5) is 11.4 Å². The third kappa shape index (κ3) is 3.94. The molecule has 0 atom stereocenters. The number of rotatable bonds is 4. The molecule has 5 nitrogen and oxygen atoms in total. The van der Waals surface area contributed by atoms with Gasteiger partial charge in [-0.2, -0.15) is 0 Å². The van der Waals surface area contributed by atoms with Gasteiger partial charge in [-0.15, -0.1) is 0 Å². The first-order valence-corrected chi connectivity index (χ1v) is 9.05. The molecular formula is C24H20N2O3. The Bertz CT molecular complexity index is 1100. The lowest BCUT2D eigenvalue weighted by Crippen LogP contribution is -1.94. The number of nitrogens with two attached hydrogens (primary N) is 2. The van der Waals surface area contributed by atoms with Gasteiger partial charge in [-0.25, -0.2) is 0 Å². The molecule has 5 heteroatoms. The third-order valence-corrected chi connectivity index (χ3v) is 4.54. The lowest BCUT2D eigenvalue weighted by Gasteiger charge is -2.16. The van der Waals surface area contributed by atoms with Gasteiger partial charge in [0.25, 0.3) is 0 Å². The summed E-state index contributed by atoms with van der Waals surface area (Å²) in [4.78, 5) is 0. The summed E-state index contributed by atoms with van der Waals surface area (Å²) >= 11 is 0. The molecule has 144 valence electrons. The molecule has 0 saturated heterocycles. The van der Waals surface area contributed by atoms with E-state index in [4.69, 9.17) is 16.2 Å². The van der Waals surface area contributed by atoms with E-state index in [2.05, 4.69) is 0 Å².